The van der Waals surface area contributed by atoms with Crippen molar-refractivity contribution in [2.24, 2.45) is 0 Å². The van der Waals surface area contributed by atoms with Gasteiger partial charge >= 0.3 is 0 Å². The summed E-state index contributed by atoms with van der Waals surface area (Å²) in [7, 11) is 0. The van der Waals surface area contributed by atoms with E-state index in [4.69, 9.17) is 27.9 Å². The van der Waals surface area contributed by atoms with E-state index in [1.165, 1.54) is 6.42 Å². The molecule has 0 amide bonds. The average molecular weight is 313 g/mol. The van der Waals surface area contributed by atoms with Crippen LogP contribution in [0.15, 0.2) is 30.6 Å². The van der Waals surface area contributed by atoms with E-state index in [2.05, 4.69) is 9.97 Å². The number of rotatable bonds is 8. The molecule has 0 aliphatic carbocycles. The van der Waals surface area contributed by atoms with Gasteiger partial charge in [-0.05, 0) is 25.0 Å². The van der Waals surface area contributed by atoms with Crippen molar-refractivity contribution in [1.82, 2.24) is 9.97 Å². The molecule has 0 bridgehead atoms. The second-order valence-corrected chi connectivity index (χ2v) is 5.41. The van der Waals surface area contributed by atoms with Gasteiger partial charge in [0.25, 0.3) is 0 Å². The largest absolute Gasteiger partial charge is 0.490 e. The molecule has 1 N–H and O–H groups in total. The smallest absolute Gasteiger partial charge is 0.156 e. The summed E-state index contributed by atoms with van der Waals surface area (Å²) in [4.78, 5) is 7.31. The second kappa shape index (κ2) is 8.18. The summed E-state index contributed by atoms with van der Waals surface area (Å²) in [6.45, 7) is 0.643. The van der Waals surface area contributed by atoms with Crippen LogP contribution in [0.3, 0.4) is 0 Å². The lowest BCUT2D eigenvalue weighted by atomic mass is 10.1. The standard InChI is InChI=1S/C15H18Cl2N2O/c16-12-6-5-7-13(17)15(12)20-11-4-2-1-3-8-14-18-9-10-19-14/h5-7,9-10H,1-4,8,11H2,(H,18,19). The van der Waals surface area contributed by atoms with Crippen LogP contribution in [0.2, 0.25) is 10.0 Å². The molecule has 0 saturated heterocycles. The van der Waals surface area contributed by atoms with Gasteiger partial charge in [-0.1, -0.05) is 42.1 Å². The molecular weight excluding hydrogens is 295 g/mol. The highest BCUT2D eigenvalue weighted by Crippen LogP contribution is 2.32. The Morgan fingerprint density at radius 3 is 2.50 bits per heavy atom. The first kappa shape index (κ1) is 15.2. The van der Waals surface area contributed by atoms with E-state index in [0.29, 0.717) is 22.4 Å². The van der Waals surface area contributed by atoms with Gasteiger partial charge in [0.2, 0.25) is 0 Å². The maximum absolute atomic E-state index is 6.03. The summed E-state index contributed by atoms with van der Waals surface area (Å²) in [5.41, 5.74) is 0. The maximum Gasteiger partial charge on any atom is 0.156 e. The number of benzene rings is 1. The Morgan fingerprint density at radius 2 is 1.80 bits per heavy atom. The summed E-state index contributed by atoms with van der Waals surface area (Å²) in [6.07, 6.45) is 9.08. The lowest BCUT2D eigenvalue weighted by molar-refractivity contribution is 0.305. The Bertz CT molecular complexity index is 494. The van der Waals surface area contributed by atoms with Gasteiger partial charge in [0.05, 0.1) is 16.7 Å². The van der Waals surface area contributed by atoms with Crippen LogP contribution in [-0.4, -0.2) is 16.6 Å². The lowest BCUT2D eigenvalue weighted by Crippen LogP contribution is -1.98. The molecule has 0 radical (unpaired) electrons. The third-order valence-corrected chi connectivity index (χ3v) is 3.62. The molecule has 0 atom stereocenters. The molecule has 0 spiro atoms. The number of H-pyrrole nitrogens is 1. The number of unbranched alkanes of at least 4 members (excludes halogenated alkanes) is 3. The summed E-state index contributed by atoms with van der Waals surface area (Å²) < 4.78 is 5.64. The van der Waals surface area contributed by atoms with E-state index in [9.17, 15) is 0 Å². The van der Waals surface area contributed by atoms with Gasteiger partial charge in [0.15, 0.2) is 5.75 Å². The lowest BCUT2D eigenvalue weighted by Gasteiger charge is -2.09. The van der Waals surface area contributed by atoms with E-state index in [1.54, 1.807) is 18.3 Å². The second-order valence-electron chi connectivity index (χ2n) is 4.60. The summed E-state index contributed by atoms with van der Waals surface area (Å²) in [6, 6.07) is 5.38. The fourth-order valence-corrected chi connectivity index (χ4v) is 2.48. The fraction of sp³-hybridized carbons (Fsp3) is 0.400. The number of ether oxygens (including phenoxy) is 1. The zero-order chi connectivity index (χ0) is 14.2. The Kier molecular flexibility index (Phi) is 6.22. The molecule has 108 valence electrons. The Morgan fingerprint density at radius 1 is 1.05 bits per heavy atom. The first-order valence-electron chi connectivity index (χ1n) is 6.82. The quantitative estimate of drug-likeness (QED) is 0.704. The molecule has 20 heavy (non-hydrogen) atoms. The zero-order valence-corrected chi connectivity index (χ0v) is 12.8. The summed E-state index contributed by atoms with van der Waals surface area (Å²) in [5.74, 6) is 1.65. The third kappa shape index (κ3) is 4.73. The van der Waals surface area contributed by atoms with Gasteiger partial charge in [-0.3, -0.25) is 0 Å². The predicted octanol–water partition coefficient (Wildman–Crippen LogP) is 4.90. The number of hydrogen-bond donors (Lipinski definition) is 1. The topological polar surface area (TPSA) is 37.9 Å². The fourth-order valence-electron chi connectivity index (χ4n) is 1.98. The van der Waals surface area contributed by atoms with Gasteiger partial charge < -0.3 is 9.72 Å². The molecule has 2 aromatic rings. The van der Waals surface area contributed by atoms with Crippen molar-refractivity contribution in [2.75, 3.05) is 6.61 Å². The van der Waals surface area contributed by atoms with Crippen LogP contribution in [0.25, 0.3) is 0 Å². The van der Waals surface area contributed by atoms with E-state index in [0.717, 1.165) is 31.5 Å². The Labute approximate surface area is 129 Å². The van der Waals surface area contributed by atoms with Gasteiger partial charge in [-0.25, -0.2) is 4.98 Å². The number of aryl methyl sites for hydroxylation is 1. The highest BCUT2D eigenvalue weighted by molar-refractivity contribution is 6.37. The first-order chi connectivity index (χ1) is 9.77. The van der Waals surface area contributed by atoms with Crippen LogP contribution in [0.5, 0.6) is 5.75 Å². The predicted molar refractivity (Wildman–Crippen MR) is 82.7 cm³/mol. The van der Waals surface area contributed by atoms with Crippen LogP contribution >= 0.6 is 23.2 Å². The van der Waals surface area contributed by atoms with Crippen molar-refractivity contribution in [1.29, 1.82) is 0 Å². The molecule has 1 aromatic heterocycles. The highest BCUT2D eigenvalue weighted by atomic mass is 35.5. The van der Waals surface area contributed by atoms with Crippen molar-refractivity contribution >= 4 is 23.2 Å². The number of nitrogens with one attached hydrogen (secondary N) is 1. The van der Waals surface area contributed by atoms with Crippen molar-refractivity contribution in [2.45, 2.75) is 32.1 Å². The van der Waals surface area contributed by atoms with Gasteiger partial charge in [-0.15, -0.1) is 0 Å². The molecule has 0 fully saturated rings. The molecular formula is C15H18Cl2N2O. The minimum atomic E-state index is 0.565. The molecule has 0 aliphatic rings. The van der Waals surface area contributed by atoms with E-state index >= 15 is 0 Å². The maximum atomic E-state index is 6.03. The first-order valence-corrected chi connectivity index (χ1v) is 7.58. The molecule has 3 nitrogen and oxygen atoms in total. The van der Waals surface area contributed by atoms with E-state index < -0.39 is 0 Å². The van der Waals surface area contributed by atoms with Crippen molar-refractivity contribution in [3.05, 3.63) is 46.5 Å². The van der Waals surface area contributed by atoms with Crippen LogP contribution < -0.4 is 4.74 Å². The molecule has 0 saturated carbocycles. The molecule has 0 aliphatic heterocycles. The minimum absolute atomic E-state index is 0.565. The molecule has 2 rings (SSSR count). The number of hydrogen-bond acceptors (Lipinski definition) is 2. The monoisotopic (exact) mass is 312 g/mol. The van der Waals surface area contributed by atoms with Crippen LogP contribution in [-0.2, 0) is 6.42 Å². The SMILES string of the molecule is Clc1cccc(Cl)c1OCCCCCCc1ncc[nH]1. The van der Waals surface area contributed by atoms with Crippen LogP contribution in [0.4, 0.5) is 0 Å². The Balaban J connectivity index is 1.57. The number of aromatic amines is 1. The number of aromatic nitrogens is 2. The normalized spacial score (nSPS) is 10.7. The number of imidazole rings is 1. The van der Waals surface area contributed by atoms with Crippen LogP contribution in [0.1, 0.15) is 31.5 Å². The average Bonchev–Trinajstić information content (AvgIpc) is 2.93. The van der Waals surface area contributed by atoms with Crippen molar-refractivity contribution in [3.63, 3.8) is 0 Å². The van der Waals surface area contributed by atoms with Gasteiger partial charge in [0, 0.05) is 18.8 Å². The van der Waals surface area contributed by atoms with E-state index in [-0.39, 0.29) is 0 Å². The molecule has 1 heterocycles. The van der Waals surface area contributed by atoms with Crippen molar-refractivity contribution < 1.29 is 4.74 Å². The number of para-hydroxylation sites is 1. The van der Waals surface area contributed by atoms with Gasteiger partial charge in [-0.2, -0.15) is 0 Å². The van der Waals surface area contributed by atoms with Crippen LogP contribution in [0, 0.1) is 0 Å². The molecule has 0 unspecified atom stereocenters. The van der Waals surface area contributed by atoms with Crippen molar-refractivity contribution in [3.8, 4) is 5.75 Å². The Hall–Kier alpha value is -1.19. The van der Waals surface area contributed by atoms with Gasteiger partial charge in [0.1, 0.15) is 5.82 Å². The number of nitrogens with zero attached hydrogens (tertiary/aromatic N) is 1. The van der Waals surface area contributed by atoms with E-state index in [1.807, 2.05) is 12.3 Å². The summed E-state index contributed by atoms with van der Waals surface area (Å²) >= 11 is 12.1. The molecule has 1 aromatic carbocycles. The minimum Gasteiger partial charge on any atom is -0.490 e. The molecule has 5 heteroatoms. The number of halogens is 2. The highest BCUT2D eigenvalue weighted by Gasteiger charge is 2.05. The zero-order valence-electron chi connectivity index (χ0n) is 11.2. The third-order valence-electron chi connectivity index (χ3n) is 3.03. The summed E-state index contributed by atoms with van der Waals surface area (Å²) in [5, 5.41) is 1.13.